The molecule has 2 aromatic carbocycles. The van der Waals surface area contributed by atoms with Gasteiger partial charge in [-0.3, -0.25) is 9.69 Å². The number of carboxylic acid groups (broad SMARTS) is 2. The number of carbonyl (C=O) groups excluding carboxylic acids is 1. The smallest absolute Gasteiger partial charge is 0.328 e. The maximum absolute atomic E-state index is 12.8. The lowest BCUT2D eigenvalue weighted by molar-refractivity contribution is -0.134. The fourth-order valence-electron chi connectivity index (χ4n) is 4.27. The van der Waals surface area contributed by atoms with Crippen molar-refractivity contribution in [2.75, 3.05) is 18.4 Å². The van der Waals surface area contributed by atoms with E-state index in [1.54, 1.807) is 0 Å². The van der Waals surface area contributed by atoms with Crippen molar-refractivity contribution in [3.05, 3.63) is 77.4 Å². The molecule has 0 radical (unpaired) electrons. The summed E-state index contributed by atoms with van der Waals surface area (Å²) in [5, 5.41) is 19.1. The number of nitrogens with one attached hydrogen (secondary N) is 1. The van der Waals surface area contributed by atoms with Crippen LogP contribution in [0.15, 0.2) is 60.7 Å². The van der Waals surface area contributed by atoms with Gasteiger partial charge >= 0.3 is 11.9 Å². The van der Waals surface area contributed by atoms with Gasteiger partial charge in [-0.05, 0) is 42.9 Å². The van der Waals surface area contributed by atoms with E-state index in [4.69, 9.17) is 10.2 Å². The van der Waals surface area contributed by atoms with Crippen molar-refractivity contribution in [1.29, 1.82) is 0 Å². The van der Waals surface area contributed by atoms with E-state index < -0.39 is 11.9 Å². The Labute approximate surface area is 211 Å². The highest BCUT2D eigenvalue weighted by atomic mass is 16.4. The molecule has 7 heteroatoms. The van der Waals surface area contributed by atoms with Gasteiger partial charge in [-0.1, -0.05) is 48.4 Å². The summed E-state index contributed by atoms with van der Waals surface area (Å²) in [6, 6.07) is 17.1. The average molecular weight is 489 g/mol. The molecule has 0 aromatic heterocycles. The van der Waals surface area contributed by atoms with Crippen molar-refractivity contribution >= 4 is 23.4 Å². The molecule has 188 valence electrons. The molecular weight excluding hydrogens is 456 g/mol. The number of benzene rings is 2. The first-order valence-electron chi connectivity index (χ1n) is 12.2. The van der Waals surface area contributed by atoms with E-state index >= 15 is 0 Å². The summed E-state index contributed by atoms with van der Waals surface area (Å²) in [5.41, 5.74) is 4.63. The zero-order valence-corrected chi connectivity index (χ0v) is 20.3. The molecule has 2 aliphatic rings. The molecule has 1 unspecified atom stereocenters. The Balaban J connectivity index is 0.000000392. The number of carbonyl (C=O) groups is 3. The van der Waals surface area contributed by atoms with E-state index in [0.29, 0.717) is 24.6 Å². The Kier molecular flexibility index (Phi) is 10.3. The number of anilines is 1. The van der Waals surface area contributed by atoms with Crippen LogP contribution >= 0.6 is 0 Å². The molecule has 0 fully saturated rings. The quantitative estimate of drug-likeness (QED) is 0.287. The molecular formula is C29H32N2O5. The van der Waals surface area contributed by atoms with Gasteiger partial charge in [-0.15, -0.1) is 5.92 Å². The van der Waals surface area contributed by atoms with Crippen LogP contribution in [0.4, 0.5) is 5.69 Å². The van der Waals surface area contributed by atoms with Crippen LogP contribution in [0.2, 0.25) is 0 Å². The minimum atomic E-state index is -1.26. The summed E-state index contributed by atoms with van der Waals surface area (Å²) in [6.07, 6.45) is 6.93. The third-order valence-electron chi connectivity index (χ3n) is 6.18. The lowest BCUT2D eigenvalue weighted by Gasteiger charge is -2.31. The molecule has 0 amide bonds. The topological polar surface area (TPSA) is 107 Å². The molecule has 0 saturated carbocycles. The van der Waals surface area contributed by atoms with Crippen molar-refractivity contribution in [1.82, 2.24) is 4.90 Å². The van der Waals surface area contributed by atoms with Gasteiger partial charge in [0.1, 0.15) is 0 Å². The number of Topliss-reactive ketones (excluding diaryl/α,β-unsaturated/α-hetero) is 1. The highest BCUT2D eigenvalue weighted by Crippen LogP contribution is 2.24. The molecule has 3 N–H and O–H groups in total. The van der Waals surface area contributed by atoms with E-state index in [1.807, 2.05) is 12.1 Å². The molecule has 0 saturated heterocycles. The first-order chi connectivity index (χ1) is 17.4. The maximum atomic E-state index is 12.8. The summed E-state index contributed by atoms with van der Waals surface area (Å²) in [4.78, 5) is 34.4. The van der Waals surface area contributed by atoms with E-state index in [1.165, 1.54) is 24.0 Å². The zero-order chi connectivity index (χ0) is 25.8. The number of hydrogen-bond acceptors (Lipinski definition) is 5. The molecule has 1 atom stereocenters. The predicted octanol–water partition coefficient (Wildman–Crippen LogP) is 4.39. The van der Waals surface area contributed by atoms with Gasteiger partial charge in [-0.2, -0.15) is 0 Å². The highest BCUT2D eigenvalue weighted by Gasteiger charge is 2.21. The van der Waals surface area contributed by atoms with Crippen molar-refractivity contribution < 1.29 is 24.6 Å². The summed E-state index contributed by atoms with van der Waals surface area (Å²) in [7, 11) is 0. The van der Waals surface area contributed by atoms with Crippen molar-refractivity contribution in [2.24, 2.45) is 0 Å². The highest BCUT2D eigenvalue weighted by molar-refractivity contribution is 5.97. The lowest BCUT2D eigenvalue weighted by atomic mass is 9.97. The Morgan fingerprint density at radius 3 is 2.47 bits per heavy atom. The van der Waals surface area contributed by atoms with Crippen LogP contribution in [-0.4, -0.2) is 52.0 Å². The lowest BCUT2D eigenvalue weighted by Crippen LogP contribution is -2.37. The van der Waals surface area contributed by atoms with E-state index in [-0.39, 0.29) is 5.78 Å². The maximum Gasteiger partial charge on any atom is 0.328 e. The van der Waals surface area contributed by atoms with Gasteiger partial charge in [0, 0.05) is 55.4 Å². The standard InChI is InChI=1S/C25H28N2O.C4H4O4/c28-25(22-13-12-21-10-4-6-16-26-24(21)18-22)15-14-23-11-5-7-17-27(23)19-20-8-2-1-3-9-20;5-3(6)1-2-4(7)8/h1-3,8-9,12-13,18,23,26H,4,6,10-11,14-17,19H2;1-2H,(H,5,6)(H,7,8)/b;2-1+. The molecule has 7 nitrogen and oxygen atoms in total. The van der Waals surface area contributed by atoms with Crippen molar-refractivity contribution in [3.8, 4) is 11.8 Å². The molecule has 0 spiro atoms. The molecule has 2 aromatic rings. The second-order valence-corrected chi connectivity index (χ2v) is 8.83. The monoisotopic (exact) mass is 488 g/mol. The van der Waals surface area contributed by atoms with Gasteiger partial charge in [0.15, 0.2) is 5.78 Å². The molecule has 2 heterocycles. The Hall–Kier alpha value is -3.89. The van der Waals surface area contributed by atoms with Gasteiger partial charge in [-0.25, -0.2) is 9.59 Å². The fraction of sp³-hybridized carbons (Fsp3) is 0.345. The largest absolute Gasteiger partial charge is 0.478 e. The number of carboxylic acids is 2. The predicted molar refractivity (Wildman–Crippen MR) is 139 cm³/mol. The molecule has 0 bridgehead atoms. The van der Waals surface area contributed by atoms with Crippen molar-refractivity contribution in [3.63, 3.8) is 0 Å². The molecule has 36 heavy (non-hydrogen) atoms. The minimum absolute atomic E-state index is 0.243. The minimum Gasteiger partial charge on any atom is -0.478 e. The van der Waals surface area contributed by atoms with Gasteiger partial charge in [0.25, 0.3) is 0 Å². The van der Waals surface area contributed by atoms with Gasteiger partial charge in [0.05, 0.1) is 6.54 Å². The zero-order valence-electron chi connectivity index (χ0n) is 20.3. The number of rotatable bonds is 8. The van der Waals surface area contributed by atoms with Crippen LogP contribution in [0.25, 0.3) is 0 Å². The van der Waals surface area contributed by atoms with E-state index in [0.717, 1.165) is 50.1 Å². The van der Waals surface area contributed by atoms with Gasteiger partial charge in [0.2, 0.25) is 0 Å². The van der Waals surface area contributed by atoms with Gasteiger partial charge < -0.3 is 15.5 Å². The fourth-order valence-corrected chi connectivity index (χ4v) is 4.27. The molecule has 0 aliphatic carbocycles. The van der Waals surface area contributed by atoms with Crippen LogP contribution in [0.1, 0.15) is 53.6 Å². The number of aryl methyl sites for hydroxylation is 1. The third-order valence-corrected chi connectivity index (χ3v) is 6.18. The first-order valence-corrected chi connectivity index (χ1v) is 12.2. The van der Waals surface area contributed by atoms with E-state index in [9.17, 15) is 14.4 Å². The molecule has 4 rings (SSSR count). The number of fused-ring (bicyclic) bond motifs is 1. The van der Waals surface area contributed by atoms with Crippen molar-refractivity contribution in [2.45, 2.75) is 51.1 Å². The third kappa shape index (κ3) is 8.71. The number of nitrogens with zero attached hydrogens (tertiary/aromatic N) is 1. The summed E-state index contributed by atoms with van der Waals surface area (Å²) in [6.45, 7) is 2.69. The van der Waals surface area contributed by atoms with Crippen LogP contribution in [0, 0.1) is 11.8 Å². The number of ketones is 1. The summed E-state index contributed by atoms with van der Waals surface area (Å²) >= 11 is 0. The summed E-state index contributed by atoms with van der Waals surface area (Å²) < 4.78 is 0. The van der Waals surface area contributed by atoms with E-state index in [2.05, 4.69) is 58.5 Å². The normalized spacial score (nSPS) is 16.8. The Bertz CT molecular complexity index is 1130. The number of hydrogen-bond donors (Lipinski definition) is 3. The molecule has 2 aliphatic heterocycles. The average Bonchev–Trinajstić information content (AvgIpc) is 3.13. The second-order valence-electron chi connectivity index (χ2n) is 8.83. The van der Waals surface area contributed by atoms with Crippen LogP contribution < -0.4 is 5.32 Å². The second kappa shape index (κ2) is 13.9. The Morgan fingerprint density at radius 2 is 1.75 bits per heavy atom. The van der Waals surface area contributed by atoms with Crippen LogP contribution in [0.3, 0.4) is 0 Å². The number of aliphatic carboxylic acids is 2. The van der Waals surface area contributed by atoms with Crippen LogP contribution in [0.5, 0.6) is 0 Å². The summed E-state index contributed by atoms with van der Waals surface area (Å²) in [5.74, 6) is 4.20. The first kappa shape index (κ1) is 26.7. The SMILES string of the molecule is O=C(CCC1CC#CCN1Cc1ccccc1)c1ccc2c(c1)NCCCC2.O=C(O)/C=C/C(=O)O. The Morgan fingerprint density at radius 1 is 1.00 bits per heavy atom. The van der Waals surface area contributed by atoms with Crippen LogP contribution in [-0.2, 0) is 22.6 Å².